The lowest BCUT2D eigenvalue weighted by Crippen LogP contribution is -1.98. The van der Waals surface area contributed by atoms with Crippen LogP contribution in [0.5, 0.6) is 0 Å². The SMILES string of the molecule is Cc1cc(-c2cccc(F)c2F)cc(C(C)C)c1F. The van der Waals surface area contributed by atoms with E-state index in [0.29, 0.717) is 16.7 Å². The van der Waals surface area contributed by atoms with Crippen molar-refractivity contribution in [2.45, 2.75) is 26.7 Å². The summed E-state index contributed by atoms with van der Waals surface area (Å²) in [6.45, 7) is 5.36. The van der Waals surface area contributed by atoms with E-state index >= 15 is 0 Å². The lowest BCUT2D eigenvalue weighted by atomic mass is 9.94. The molecule has 0 unspecified atom stereocenters. The summed E-state index contributed by atoms with van der Waals surface area (Å²) in [6.07, 6.45) is 0. The standard InChI is InChI=1S/C16H15F3/c1-9(2)13-8-11(7-10(3)15(13)18)12-5-4-6-14(17)16(12)19/h4-9H,1-3H3. The molecule has 0 fully saturated rings. The Bertz CT molecular complexity index is 616. The first-order valence-electron chi connectivity index (χ1n) is 6.16. The Morgan fingerprint density at radius 3 is 2.26 bits per heavy atom. The van der Waals surface area contributed by atoms with Crippen LogP contribution >= 0.6 is 0 Å². The van der Waals surface area contributed by atoms with Gasteiger partial charge in [-0.05, 0) is 47.7 Å². The molecule has 0 bridgehead atoms. The summed E-state index contributed by atoms with van der Waals surface area (Å²) in [5.41, 5.74) is 1.60. The number of halogens is 3. The number of benzene rings is 2. The number of hydrogen-bond acceptors (Lipinski definition) is 0. The molecule has 0 radical (unpaired) electrons. The molecule has 0 nitrogen and oxygen atoms in total. The van der Waals surface area contributed by atoms with Crippen molar-refractivity contribution in [2.75, 3.05) is 0 Å². The van der Waals surface area contributed by atoms with Crippen molar-refractivity contribution in [1.82, 2.24) is 0 Å². The Morgan fingerprint density at radius 1 is 0.947 bits per heavy atom. The molecular formula is C16H15F3. The van der Waals surface area contributed by atoms with Crippen molar-refractivity contribution < 1.29 is 13.2 Å². The highest BCUT2D eigenvalue weighted by Crippen LogP contribution is 2.30. The molecule has 0 aliphatic heterocycles. The van der Waals surface area contributed by atoms with Crippen molar-refractivity contribution in [3.63, 3.8) is 0 Å². The highest BCUT2D eigenvalue weighted by atomic mass is 19.2. The number of rotatable bonds is 2. The second-order valence-electron chi connectivity index (χ2n) is 4.95. The number of hydrogen-bond donors (Lipinski definition) is 0. The maximum Gasteiger partial charge on any atom is 0.166 e. The van der Waals surface area contributed by atoms with Crippen molar-refractivity contribution in [2.24, 2.45) is 0 Å². The van der Waals surface area contributed by atoms with Crippen molar-refractivity contribution in [1.29, 1.82) is 0 Å². The molecule has 0 heterocycles. The van der Waals surface area contributed by atoms with Gasteiger partial charge in [0, 0.05) is 5.56 Å². The molecule has 0 aliphatic rings. The average Bonchev–Trinajstić information content (AvgIpc) is 2.35. The van der Waals surface area contributed by atoms with Gasteiger partial charge < -0.3 is 0 Å². The zero-order valence-corrected chi connectivity index (χ0v) is 11.1. The highest BCUT2D eigenvalue weighted by molar-refractivity contribution is 5.66. The van der Waals surface area contributed by atoms with Gasteiger partial charge in [-0.25, -0.2) is 13.2 Å². The van der Waals surface area contributed by atoms with Crippen molar-refractivity contribution in [3.05, 3.63) is 58.9 Å². The monoisotopic (exact) mass is 264 g/mol. The van der Waals surface area contributed by atoms with Crippen LogP contribution in [0.1, 0.15) is 30.9 Å². The Kier molecular flexibility index (Phi) is 3.65. The summed E-state index contributed by atoms with van der Waals surface area (Å²) in [7, 11) is 0. The van der Waals surface area contributed by atoms with Gasteiger partial charge in [0.05, 0.1) is 0 Å². The molecule has 0 saturated carbocycles. The first-order chi connectivity index (χ1) is 8.91. The highest BCUT2D eigenvalue weighted by Gasteiger charge is 2.15. The summed E-state index contributed by atoms with van der Waals surface area (Å²) >= 11 is 0. The first kappa shape index (κ1) is 13.7. The molecule has 100 valence electrons. The van der Waals surface area contributed by atoms with Crippen LogP contribution in [-0.2, 0) is 0 Å². The van der Waals surface area contributed by atoms with E-state index < -0.39 is 11.6 Å². The van der Waals surface area contributed by atoms with E-state index in [-0.39, 0.29) is 17.3 Å². The van der Waals surface area contributed by atoms with Gasteiger partial charge in [-0.3, -0.25) is 0 Å². The van der Waals surface area contributed by atoms with Crippen LogP contribution < -0.4 is 0 Å². The number of aryl methyl sites for hydroxylation is 1. The lowest BCUT2D eigenvalue weighted by Gasteiger charge is -2.13. The fourth-order valence-electron chi connectivity index (χ4n) is 2.10. The van der Waals surface area contributed by atoms with Crippen molar-refractivity contribution >= 4 is 0 Å². The van der Waals surface area contributed by atoms with E-state index in [1.165, 1.54) is 12.1 Å². The minimum Gasteiger partial charge on any atom is -0.206 e. The third-order valence-corrected chi connectivity index (χ3v) is 3.17. The quantitative estimate of drug-likeness (QED) is 0.699. The van der Waals surface area contributed by atoms with Gasteiger partial charge in [-0.1, -0.05) is 26.0 Å². The van der Waals surface area contributed by atoms with Crippen LogP contribution in [0.4, 0.5) is 13.2 Å². The van der Waals surface area contributed by atoms with E-state index in [9.17, 15) is 13.2 Å². The molecule has 3 heteroatoms. The summed E-state index contributed by atoms with van der Waals surface area (Å²) in [5, 5.41) is 0. The van der Waals surface area contributed by atoms with Crippen LogP contribution in [0, 0.1) is 24.4 Å². The normalized spacial score (nSPS) is 11.1. The van der Waals surface area contributed by atoms with E-state index in [2.05, 4.69) is 0 Å². The summed E-state index contributed by atoms with van der Waals surface area (Å²) in [4.78, 5) is 0. The zero-order chi connectivity index (χ0) is 14.2. The maximum atomic E-state index is 14.0. The van der Waals surface area contributed by atoms with E-state index in [1.54, 1.807) is 19.1 Å². The third kappa shape index (κ3) is 2.50. The Hall–Kier alpha value is -1.77. The Morgan fingerprint density at radius 2 is 1.63 bits per heavy atom. The second kappa shape index (κ2) is 5.08. The molecule has 0 spiro atoms. The molecule has 0 atom stereocenters. The summed E-state index contributed by atoms with van der Waals surface area (Å²) in [5.74, 6) is -2.10. The maximum absolute atomic E-state index is 14.0. The van der Waals surface area contributed by atoms with Crippen LogP contribution in [0.2, 0.25) is 0 Å². The largest absolute Gasteiger partial charge is 0.206 e. The lowest BCUT2D eigenvalue weighted by molar-refractivity contribution is 0.511. The molecule has 0 aliphatic carbocycles. The predicted molar refractivity (Wildman–Crippen MR) is 70.6 cm³/mol. The van der Waals surface area contributed by atoms with Crippen LogP contribution in [0.25, 0.3) is 11.1 Å². The molecule has 0 saturated heterocycles. The minimum atomic E-state index is -0.900. The predicted octanol–water partition coefficient (Wildman–Crippen LogP) is 5.20. The Balaban J connectivity index is 2.67. The van der Waals surface area contributed by atoms with Gasteiger partial charge in [0.1, 0.15) is 5.82 Å². The van der Waals surface area contributed by atoms with E-state index in [0.717, 1.165) is 6.07 Å². The second-order valence-corrected chi connectivity index (χ2v) is 4.95. The molecule has 0 amide bonds. The molecule has 19 heavy (non-hydrogen) atoms. The van der Waals surface area contributed by atoms with E-state index in [4.69, 9.17) is 0 Å². The molecule has 0 aromatic heterocycles. The molecule has 2 aromatic rings. The average molecular weight is 264 g/mol. The zero-order valence-electron chi connectivity index (χ0n) is 11.1. The molecule has 2 rings (SSSR count). The Labute approximate surface area is 110 Å². The van der Waals surface area contributed by atoms with Gasteiger partial charge in [0.2, 0.25) is 0 Å². The van der Waals surface area contributed by atoms with Crippen LogP contribution in [-0.4, -0.2) is 0 Å². The minimum absolute atomic E-state index is 0.0183. The molecule has 2 aromatic carbocycles. The molecule has 0 N–H and O–H groups in total. The fraction of sp³-hybridized carbons (Fsp3) is 0.250. The van der Waals surface area contributed by atoms with Gasteiger partial charge in [0.15, 0.2) is 11.6 Å². The van der Waals surface area contributed by atoms with Crippen LogP contribution in [0.15, 0.2) is 30.3 Å². The van der Waals surface area contributed by atoms with Gasteiger partial charge in [-0.2, -0.15) is 0 Å². The molecular weight excluding hydrogens is 249 g/mol. The van der Waals surface area contributed by atoms with E-state index in [1.807, 2.05) is 13.8 Å². The fourth-order valence-corrected chi connectivity index (χ4v) is 2.10. The third-order valence-electron chi connectivity index (χ3n) is 3.17. The smallest absolute Gasteiger partial charge is 0.166 e. The topological polar surface area (TPSA) is 0 Å². The first-order valence-corrected chi connectivity index (χ1v) is 6.16. The summed E-state index contributed by atoms with van der Waals surface area (Å²) < 4.78 is 41.0. The van der Waals surface area contributed by atoms with Gasteiger partial charge >= 0.3 is 0 Å². The van der Waals surface area contributed by atoms with Gasteiger partial charge in [-0.15, -0.1) is 0 Å². The van der Waals surface area contributed by atoms with Crippen molar-refractivity contribution in [3.8, 4) is 11.1 Å². The van der Waals surface area contributed by atoms with Crippen LogP contribution in [0.3, 0.4) is 0 Å². The summed E-state index contributed by atoms with van der Waals surface area (Å²) in [6, 6.07) is 7.14. The van der Waals surface area contributed by atoms with Gasteiger partial charge in [0.25, 0.3) is 0 Å².